The molecule has 0 saturated carbocycles. The highest BCUT2D eigenvalue weighted by Crippen LogP contribution is 2.36. The summed E-state index contributed by atoms with van der Waals surface area (Å²) >= 11 is 7.27. The molecule has 1 rings (SSSR count). The Kier molecular flexibility index (Phi) is 5.67. The predicted molar refractivity (Wildman–Crippen MR) is 77.6 cm³/mol. The van der Waals surface area contributed by atoms with Crippen LogP contribution < -0.4 is 16.4 Å². The second kappa shape index (κ2) is 6.85. The Hall–Kier alpha value is -1.68. The van der Waals surface area contributed by atoms with Crippen LogP contribution in [0.3, 0.4) is 0 Å². The molecule has 2 amide bonds. The second-order valence-corrected chi connectivity index (χ2v) is 5.17. The van der Waals surface area contributed by atoms with Crippen LogP contribution in [0.25, 0.3) is 0 Å². The molecule has 0 radical (unpaired) electrons. The Morgan fingerprint density at radius 3 is 2.43 bits per heavy atom. The highest BCUT2D eigenvalue weighted by atomic mass is 79.9. The number of carbonyl (C=O) groups excluding carboxylic acids is 2. The molecule has 1 aromatic rings. The molecule has 0 aliphatic heterocycles. The number of rotatable bonds is 3. The summed E-state index contributed by atoms with van der Waals surface area (Å²) in [6, 6.07) is 3.05. The van der Waals surface area contributed by atoms with E-state index >= 15 is 0 Å². The van der Waals surface area contributed by atoms with Gasteiger partial charge in [0.15, 0.2) is 0 Å². The third-order valence-corrected chi connectivity index (χ3v) is 2.99. The summed E-state index contributed by atoms with van der Waals surface area (Å²) in [6.07, 6.45) is -4.59. The Labute approximate surface area is 131 Å². The van der Waals surface area contributed by atoms with Crippen molar-refractivity contribution in [2.45, 2.75) is 6.18 Å². The standard InChI is InChI=1S/C11H9BrF3N3O2S/c12-7-2-1-5(3-6(7)11(13,14)15)18-10(20)9(19)17-4-8(16)21/h1-3H,4H2,(H2,16,21)(H,17,19)(H,18,20). The maximum atomic E-state index is 12.7. The Balaban J connectivity index is 2.82. The van der Waals surface area contributed by atoms with Gasteiger partial charge in [0.1, 0.15) is 0 Å². The largest absolute Gasteiger partial charge is 0.417 e. The van der Waals surface area contributed by atoms with Gasteiger partial charge in [-0.25, -0.2) is 0 Å². The molecule has 114 valence electrons. The first-order chi connectivity index (χ1) is 9.61. The molecule has 0 aliphatic rings. The summed E-state index contributed by atoms with van der Waals surface area (Å²) in [4.78, 5) is 22.8. The predicted octanol–water partition coefficient (Wildman–Crippen LogP) is 1.81. The highest BCUT2D eigenvalue weighted by molar-refractivity contribution is 9.10. The molecule has 0 aromatic heterocycles. The summed E-state index contributed by atoms with van der Waals surface area (Å²) in [5.41, 5.74) is 4.00. The SMILES string of the molecule is NC(=S)CNC(=O)C(=O)Nc1ccc(Br)c(C(F)(F)F)c1. The summed E-state index contributed by atoms with van der Waals surface area (Å²) in [5.74, 6) is -2.18. The molecule has 0 bridgehead atoms. The number of alkyl halides is 3. The smallest absolute Gasteiger partial charge is 0.392 e. The number of anilines is 1. The van der Waals surface area contributed by atoms with Gasteiger partial charge in [0.05, 0.1) is 17.1 Å². The van der Waals surface area contributed by atoms with Gasteiger partial charge in [-0.1, -0.05) is 28.1 Å². The molecular weight excluding hydrogens is 375 g/mol. The molecule has 10 heteroatoms. The minimum absolute atomic E-state index is 0.0286. The van der Waals surface area contributed by atoms with E-state index in [0.29, 0.717) is 6.07 Å². The lowest BCUT2D eigenvalue weighted by atomic mass is 10.2. The minimum Gasteiger partial charge on any atom is -0.392 e. The number of hydrogen-bond donors (Lipinski definition) is 3. The van der Waals surface area contributed by atoms with E-state index in [2.05, 4.69) is 33.5 Å². The third-order valence-electron chi connectivity index (χ3n) is 2.16. The van der Waals surface area contributed by atoms with Gasteiger partial charge in [0.2, 0.25) is 0 Å². The van der Waals surface area contributed by atoms with Crippen molar-refractivity contribution in [1.29, 1.82) is 0 Å². The number of halogens is 4. The van der Waals surface area contributed by atoms with E-state index in [1.807, 2.05) is 5.32 Å². The number of amides is 2. The fraction of sp³-hybridized carbons (Fsp3) is 0.182. The number of hydrogen-bond acceptors (Lipinski definition) is 3. The monoisotopic (exact) mass is 383 g/mol. The van der Waals surface area contributed by atoms with Crippen LogP contribution in [0.5, 0.6) is 0 Å². The molecule has 0 atom stereocenters. The molecule has 0 spiro atoms. The maximum Gasteiger partial charge on any atom is 0.417 e. The number of carbonyl (C=O) groups is 2. The van der Waals surface area contributed by atoms with Crippen molar-refractivity contribution in [3.05, 3.63) is 28.2 Å². The van der Waals surface area contributed by atoms with E-state index in [9.17, 15) is 22.8 Å². The van der Waals surface area contributed by atoms with Crippen LogP contribution in [0, 0.1) is 0 Å². The average molecular weight is 384 g/mol. The van der Waals surface area contributed by atoms with E-state index in [1.165, 1.54) is 6.07 Å². The zero-order chi connectivity index (χ0) is 16.2. The fourth-order valence-corrected chi connectivity index (χ4v) is 1.80. The van der Waals surface area contributed by atoms with Gasteiger partial charge in [0, 0.05) is 10.2 Å². The van der Waals surface area contributed by atoms with Crippen LogP contribution in [0.4, 0.5) is 18.9 Å². The average Bonchev–Trinajstić information content (AvgIpc) is 2.36. The van der Waals surface area contributed by atoms with E-state index in [-0.39, 0.29) is 21.7 Å². The molecule has 0 unspecified atom stereocenters. The van der Waals surface area contributed by atoms with Gasteiger partial charge in [-0.15, -0.1) is 0 Å². The molecule has 5 nitrogen and oxygen atoms in total. The third kappa shape index (κ3) is 5.31. The molecular formula is C11H9BrF3N3O2S. The van der Waals surface area contributed by atoms with Gasteiger partial charge in [-0.2, -0.15) is 13.2 Å². The number of thiocarbonyl (C=S) groups is 1. The number of benzene rings is 1. The van der Waals surface area contributed by atoms with Crippen LogP contribution in [0.1, 0.15) is 5.56 Å². The van der Waals surface area contributed by atoms with E-state index < -0.39 is 23.6 Å². The fourth-order valence-electron chi connectivity index (χ4n) is 1.26. The molecule has 0 saturated heterocycles. The van der Waals surface area contributed by atoms with Crippen molar-refractivity contribution in [2.24, 2.45) is 5.73 Å². The van der Waals surface area contributed by atoms with Crippen molar-refractivity contribution >= 4 is 50.6 Å². The van der Waals surface area contributed by atoms with Gasteiger partial charge in [-0.3, -0.25) is 9.59 Å². The van der Waals surface area contributed by atoms with Crippen molar-refractivity contribution in [3.63, 3.8) is 0 Å². The number of nitrogens with one attached hydrogen (secondary N) is 2. The zero-order valence-corrected chi connectivity index (χ0v) is 12.7. The summed E-state index contributed by atoms with van der Waals surface area (Å²) in [5, 5.41) is 4.16. The molecule has 0 aliphatic carbocycles. The number of nitrogens with two attached hydrogens (primary N) is 1. The quantitative estimate of drug-likeness (QED) is 0.548. The van der Waals surface area contributed by atoms with Crippen molar-refractivity contribution in [3.8, 4) is 0 Å². The minimum atomic E-state index is -4.59. The van der Waals surface area contributed by atoms with Crippen LogP contribution in [-0.4, -0.2) is 23.3 Å². The molecule has 0 heterocycles. The van der Waals surface area contributed by atoms with E-state index in [0.717, 1.165) is 6.07 Å². The molecule has 1 aromatic carbocycles. The van der Waals surface area contributed by atoms with Crippen molar-refractivity contribution in [2.75, 3.05) is 11.9 Å². The lowest BCUT2D eigenvalue weighted by Gasteiger charge is -2.11. The van der Waals surface area contributed by atoms with Gasteiger partial charge in [-0.05, 0) is 18.2 Å². The first-order valence-corrected chi connectivity index (χ1v) is 6.55. The Morgan fingerprint density at radius 1 is 1.29 bits per heavy atom. The van der Waals surface area contributed by atoms with Crippen LogP contribution in [0.15, 0.2) is 22.7 Å². The highest BCUT2D eigenvalue weighted by Gasteiger charge is 2.33. The summed E-state index contributed by atoms with van der Waals surface area (Å²) in [6.45, 7) is -0.185. The first-order valence-electron chi connectivity index (χ1n) is 5.35. The summed E-state index contributed by atoms with van der Waals surface area (Å²) < 4.78 is 37.9. The van der Waals surface area contributed by atoms with Crippen molar-refractivity contribution in [1.82, 2.24) is 5.32 Å². The summed E-state index contributed by atoms with van der Waals surface area (Å²) in [7, 11) is 0. The van der Waals surface area contributed by atoms with Gasteiger partial charge in [0.25, 0.3) is 0 Å². The first kappa shape index (κ1) is 17.4. The molecule has 21 heavy (non-hydrogen) atoms. The Morgan fingerprint density at radius 2 is 1.90 bits per heavy atom. The Bertz CT molecular complexity index is 593. The maximum absolute atomic E-state index is 12.7. The molecule has 4 N–H and O–H groups in total. The van der Waals surface area contributed by atoms with Gasteiger partial charge < -0.3 is 16.4 Å². The van der Waals surface area contributed by atoms with Crippen LogP contribution in [0.2, 0.25) is 0 Å². The lowest BCUT2D eigenvalue weighted by molar-refractivity contribution is -0.138. The van der Waals surface area contributed by atoms with E-state index in [1.54, 1.807) is 0 Å². The van der Waals surface area contributed by atoms with E-state index in [4.69, 9.17) is 5.73 Å². The molecule has 0 fully saturated rings. The lowest BCUT2D eigenvalue weighted by Crippen LogP contribution is -2.39. The van der Waals surface area contributed by atoms with Crippen LogP contribution in [-0.2, 0) is 15.8 Å². The zero-order valence-electron chi connectivity index (χ0n) is 10.3. The topological polar surface area (TPSA) is 84.2 Å². The van der Waals surface area contributed by atoms with Crippen molar-refractivity contribution < 1.29 is 22.8 Å². The van der Waals surface area contributed by atoms with Crippen LogP contribution >= 0.6 is 28.1 Å². The normalized spacial score (nSPS) is 10.9. The van der Waals surface area contributed by atoms with Gasteiger partial charge >= 0.3 is 18.0 Å². The second-order valence-electron chi connectivity index (χ2n) is 3.80.